The molecule has 0 saturated heterocycles. The fraction of sp³-hybridized carbons (Fsp3) is 0.174. The first-order chi connectivity index (χ1) is 14.3. The van der Waals surface area contributed by atoms with Gasteiger partial charge in [0, 0.05) is 33.3 Å². The Morgan fingerprint density at radius 3 is 2.57 bits per heavy atom. The van der Waals surface area contributed by atoms with Crippen LogP contribution in [0.2, 0.25) is 0 Å². The molecule has 0 atom stereocenters. The largest absolute Gasteiger partial charge is 0.318 e. The van der Waals surface area contributed by atoms with E-state index in [2.05, 4.69) is 80.2 Å². The van der Waals surface area contributed by atoms with Crippen LogP contribution in [0.25, 0.3) is 11.3 Å². The molecule has 6 nitrogen and oxygen atoms in total. The van der Waals surface area contributed by atoms with Crippen molar-refractivity contribution in [2.24, 2.45) is 5.10 Å². The summed E-state index contributed by atoms with van der Waals surface area (Å²) in [5.41, 5.74) is 9.90. The molecule has 3 heterocycles. The average molecular weight is 464 g/mol. The summed E-state index contributed by atoms with van der Waals surface area (Å²) in [7, 11) is 0. The second-order valence-electron chi connectivity index (χ2n) is 7.32. The van der Waals surface area contributed by atoms with Gasteiger partial charge < -0.3 is 4.57 Å². The van der Waals surface area contributed by atoms with Crippen molar-refractivity contribution in [3.8, 4) is 5.69 Å². The molecule has 0 radical (unpaired) electrons. The Bertz CT molecular complexity index is 1280. The van der Waals surface area contributed by atoms with Crippen molar-refractivity contribution in [1.29, 1.82) is 0 Å². The maximum Gasteiger partial charge on any atom is 0.290 e. The molecule has 0 aliphatic heterocycles. The van der Waals surface area contributed by atoms with Crippen LogP contribution in [-0.2, 0) is 0 Å². The van der Waals surface area contributed by atoms with Crippen LogP contribution in [0.1, 0.15) is 38.7 Å². The molecule has 0 unspecified atom stereocenters. The van der Waals surface area contributed by atoms with Crippen molar-refractivity contribution < 1.29 is 4.79 Å². The lowest BCUT2D eigenvalue weighted by Crippen LogP contribution is -2.20. The summed E-state index contributed by atoms with van der Waals surface area (Å²) in [5, 5.41) is 4.20. The van der Waals surface area contributed by atoms with Crippen LogP contribution in [-0.4, -0.2) is 26.1 Å². The van der Waals surface area contributed by atoms with E-state index in [4.69, 9.17) is 0 Å². The van der Waals surface area contributed by atoms with Crippen LogP contribution in [0.5, 0.6) is 0 Å². The molecule has 0 bridgehead atoms. The molecule has 152 valence electrons. The predicted molar refractivity (Wildman–Crippen MR) is 123 cm³/mol. The predicted octanol–water partition coefficient (Wildman–Crippen LogP) is 4.89. The number of hydrogen-bond acceptors (Lipinski definition) is 3. The summed E-state index contributed by atoms with van der Waals surface area (Å²) < 4.78 is 4.80. The van der Waals surface area contributed by atoms with Crippen LogP contribution < -0.4 is 5.43 Å². The number of nitrogens with one attached hydrogen (secondary N) is 1. The van der Waals surface area contributed by atoms with Crippen molar-refractivity contribution in [3.63, 3.8) is 0 Å². The number of pyridine rings is 1. The highest BCUT2D eigenvalue weighted by Crippen LogP contribution is 2.20. The number of carbonyl (C=O) groups is 1. The van der Waals surface area contributed by atoms with Gasteiger partial charge in [0.1, 0.15) is 11.3 Å². The zero-order chi connectivity index (χ0) is 21.4. The van der Waals surface area contributed by atoms with Gasteiger partial charge in [-0.2, -0.15) is 5.10 Å². The van der Waals surface area contributed by atoms with E-state index in [1.54, 1.807) is 10.6 Å². The first-order valence-electron chi connectivity index (χ1n) is 9.59. The molecule has 1 N–H and O–H groups in total. The molecule has 0 aliphatic rings. The number of amides is 1. The molecule has 7 heteroatoms. The molecule has 0 spiro atoms. The summed E-state index contributed by atoms with van der Waals surface area (Å²) in [6.07, 6.45) is 3.50. The van der Waals surface area contributed by atoms with Crippen LogP contribution >= 0.6 is 15.9 Å². The van der Waals surface area contributed by atoms with Gasteiger partial charge in [-0.1, -0.05) is 17.7 Å². The van der Waals surface area contributed by atoms with Gasteiger partial charge in [-0.05, 0) is 74.0 Å². The van der Waals surface area contributed by atoms with E-state index in [-0.39, 0.29) is 5.91 Å². The SMILES string of the molecule is Cc1ccc(-n2c(C)cc(/C=N\NC(=O)c3c(C)nc4ccc(Br)cn34)c2C)cc1. The van der Waals surface area contributed by atoms with E-state index in [1.807, 2.05) is 32.2 Å². The third kappa shape index (κ3) is 3.68. The van der Waals surface area contributed by atoms with E-state index >= 15 is 0 Å². The van der Waals surface area contributed by atoms with Crippen molar-refractivity contribution in [1.82, 2.24) is 19.4 Å². The lowest BCUT2D eigenvalue weighted by molar-refractivity contribution is 0.0948. The van der Waals surface area contributed by atoms with Crippen molar-refractivity contribution >= 4 is 33.7 Å². The first kappa shape index (κ1) is 20.1. The summed E-state index contributed by atoms with van der Waals surface area (Å²) in [6, 6.07) is 14.2. The number of carbonyl (C=O) groups excluding carboxylic acids is 1. The highest BCUT2D eigenvalue weighted by molar-refractivity contribution is 9.10. The Morgan fingerprint density at radius 2 is 1.83 bits per heavy atom. The van der Waals surface area contributed by atoms with Crippen LogP contribution in [0, 0.1) is 27.7 Å². The number of aryl methyl sites for hydroxylation is 3. The molecular weight excluding hydrogens is 442 g/mol. The molecule has 4 aromatic rings. The highest BCUT2D eigenvalue weighted by Gasteiger charge is 2.16. The number of benzene rings is 1. The number of rotatable bonds is 4. The second-order valence-corrected chi connectivity index (χ2v) is 8.23. The maximum absolute atomic E-state index is 12.7. The Balaban J connectivity index is 1.58. The molecule has 0 fully saturated rings. The number of nitrogens with zero attached hydrogens (tertiary/aromatic N) is 4. The quantitative estimate of drug-likeness (QED) is 0.346. The summed E-state index contributed by atoms with van der Waals surface area (Å²) in [5.74, 6) is -0.304. The monoisotopic (exact) mass is 463 g/mol. The molecule has 0 saturated carbocycles. The highest BCUT2D eigenvalue weighted by atomic mass is 79.9. The van der Waals surface area contributed by atoms with Crippen molar-refractivity contribution in [2.75, 3.05) is 0 Å². The van der Waals surface area contributed by atoms with E-state index in [1.165, 1.54) is 5.56 Å². The van der Waals surface area contributed by atoms with Gasteiger partial charge in [-0.25, -0.2) is 10.4 Å². The topological polar surface area (TPSA) is 63.7 Å². The third-order valence-corrected chi connectivity index (χ3v) is 5.57. The fourth-order valence-corrected chi connectivity index (χ4v) is 3.97. The Hall–Kier alpha value is -3.19. The Kier molecular flexibility index (Phi) is 5.30. The first-order valence-corrected chi connectivity index (χ1v) is 10.4. The van der Waals surface area contributed by atoms with Crippen molar-refractivity contribution in [3.05, 3.63) is 87.0 Å². The minimum Gasteiger partial charge on any atom is -0.318 e. The van der Waals surface area contributed by atoms with E-state index in [0.717, 1.165) is 27.1 Å². The lowest BCUT2D eigenvalue weighted by Gasteiger charge is -2.09. The molecule has 0 aliphatic carbocycles. The van der Waals surface area contributed by atoms with Crippen molar-refractivity contribution in [2.45, 2.75) is 27.7 Å². The smallest absolute Gasteiger partial charge is 0.290 e. The van der Waals surface area contributed by atoms with Crippen LogP contribution in [0.4, 0.5) is 0 Å². The van der Waals surface area contributed by atoms with Gasteiger partial charge in [-0.3, -0.25) is 9.20 Å². The number of halogens is 1. The minimum absolute atomic E-state index is 0.304. The number of fused-ring (bicyclic) bond motifs is 1. The summed E-state index contributed by atoms with van der Waals surface area (Å²) >= 11 is 3.44. The molecular formula is C23H22BrN5O. The minimum atomic E-state index is -0.304. The van der Waals surface area contributed by atoms with Gasteiger partial charge >= 0.3 is 0 Å². The van der Waals surface area contributed by atoms with Gasteiger partial charge in [0.25, 0.3) is 5.91 Å². The number of aromatic nitrogens is 3. The van der Waals surface area contributed by atoms with Gasteiger partial charge in [0.05, 0.1) is 11.9 Å². The van der Waals surface area contributed by atoms with Gasteiger partial charge in [-0.15, -0.1) is 0 Å². The average Bonchev–Trinajstić information content (AvgIpc) is 3.17. The lowest BCUT2D eigenvalue weighted by atomic mass is 10.2. The zero-order valence-corrected chi connectivity index (χ0v) is 18.9. The Labute approximate surface area is 183 Å². The number of hydrazone groups is 1. The van der Waals surface area contributed by atoms with Gasteiger partial charge in [0.15, 0.2) is 0 Å². The van der Waals surface area contributed by atoms with Crippen LogP contribution in [0.3, 0.4) is 0 Å². The van der Waals surface area contributed by atoms with E-state index in [0.29, 0.717) is 17.0 Å². The number of imidazole rings is 1. The maximum atomic E-state index is 12.7. The number of hydrogen-bond donors (Lipinski definition) is 1. The fourth-order valence-electron chi connectivity index (χ4n) is 3.63. The zero-order valence-electron chi connectivity index (χ0n) is 17.3. The van der Waals surface area contributed by atoms with E-state index in [9.17, 15) is 4.79 Å². The second kappa shape index (κ2) is 7.91. The molecule has 30 heavy (non-hydrogen) atoms. The van der Waals surface area contributed by atoms with E-state index < -0.39 is 0 Å². The van der Waals surface area contributed by atoms with Crippen LogP contribution in [0.15, 0.2) is 58.2 Å². The normalized spacial score (nSPS) is 11.5. The summed E-state index contributed by atoms with van der Waals surface area (Å²) in [6.45, 7) is 7.99. The van der Waals surface area contributed by atoms with Gasteiger partial charge in [0.2, 0.25) is 0 Å². The molecule has 1 amide bonds. The Morgan fingerprint density at radius 1 is 1.10 bits per heavy atom. The standard InChI is InChI=1S/C23H22BrN5O/c1-14-5-8-20(9-6-14)29-15(2)11-18(17(29)4)12-25-27-23(30)22-16(3)26-21-10-7-19(24)13-28(21)22/h5-13H,1-4H3,(H,27,30)/b25-12-. The molecule has 4 rings (SSSR count). The molecule has 3 aromatic heterocycles. The summed E-state index contributed by atoms with van der Waals surface area (Å²) in [4.78, 5) is 17.2. The molecule has 1 aromatic carbocycles. The third-order valence-electron chi connectivity index (χ3n) is 5.10.